The van der Waals surface area contributed by atoms with Crippen LogP contribution in [0, 0.1) is 13.8 Å². The number of rotatable bonds is 5. The highest BCUT2D eigenvalue weighted by Crippen LogP contribution is 2.31. The fraction of sp³-hybridized carbons (Fsp3) is 0.611. The van der Waals surface area contributed by atoms with E-state index in [-0.39, 0.29) is 18.1 Å². The number of ether oxygens (including phenoxy) is 1. The second-order valence-electron chi connectivity index (χ2n) is 6.68. The van der Waals surface area contributed by atoms with Crippen LogP contribution in [0.5, 0.6) is 0 Å². The van der Waals surface area contributed by atoms with E-state index in [1.807, 2.05) is 4.90 Å². The van der Waals surface area contributed by atoms with Crippen molar-refractivity contribution in [3.63, 3.8) is 0 Å². The molecule has 4 heteroatoms. The van der Waals surface area contributed by atoms with E-state index in [1.54, 1.807) is 0 Å². The molecule has 0 aromatic heterocycles. The van der Waals surface area contributed by atoms with Crippen LogP contribution in [0.25, 0.3) is 0 Å². The van der Waals surface area contributed by atoms with Crippen molar-refractivity contribution in [1.29, 1.82) is 0 Å². The largest absolute Gasteiger partial charge is 0.364 e. The standard InChI is InChI=1S/C18H26N2O2/c1-12-3-4-14(9-13(12)2)11-20(15-5-6-15)18(21)17-8-7-16(10-19)22-17/h3-4,9,15-17H,5-8,10-11,19H2,1-2H3/t16-,17+/m1/s1. The van der Waals surface area contributed by atoms with Gasteiger partial charge in [-0.25, -0.2) is 0 Å². The van der Waals surface area contributed by atoms with Gasteiger partial charge in [0.15, 0.2) is 0 Å². The molecule has 4 nitrogen and oxygen atoms in total. The molecule has 1 heterocycles. The predicted octanol–water partition coefficient (Wildman–Crippen LogP) is 2.30. The first-order chi connectivity index (χ1) is 10.6. The fourth-order valence-corrected chi connectivity index (χ4v) is 3.12. The van der Waals surface area contributed by atoms with Crippen LogP contribution in [0.3, 0.4) is 0 Å². The number of nitrogens with zero attached hydrogens (tertiary/aromatic N) is 1. The predicted molar refractivity (Wildman–Crippen MR) is 86.4 cm³/mol. The summed E-state index contributed by atoms with van der Waals surface area (Å²) in [4.78, 5) is 14.8. The molecule has 0 unspecified atom stereocenters. The SMILES string of the molecule is Cc1ccc(CN(C(=O)[C@@H]2CC[C@H](CN)O2)C2CC2)cc1C. The number of hydrogen-bond donors (Lipinski definition) is 1. The van der Waals surface area contributed by atoms with Crippen molar-refractivity contribution in [2.75, 3.05) is 6.54 Å². The molecular weight excluding hydrogens is 276 g/mol. The highest BCUT2D eigenvalue weighted by Gasteiger charge is 2.39. The maximum Gasteiger partial charge on any atom is 0.252 e. The molecule has 0 radical (unpaired) electrons. The lowest BCUT2D eigenvalue weighted by Gasteiger charge is -2.26. The minimum Gasteiger partial charge on any atom is -0.364 e. The normalized spacial score (nSPS) is 24.5. The van der Waals surface area contributed by atoms with E-state index in [4.69, 9.17) is 10.5 Å². The summed E-state index contributed by atoms with van der Waals surface area (Å²) in [5.41, 5.74) is 9.42. The molecular formula is C18H26N2O2. The first-order valence-electron chi connectivity index (χ1n) is 8.30. The molecule has 1 aromatic carbocycles. The molecule has 22 heavy (non-hydrogen) atoms. The molecule has 3 rings (SSSR count). The number of amides is 1. The Morgan fingerprint density at radius 3 is 2.59 bits per heavy atom. The van der Waals surface area contributed by atoms with Gasteiger partial charge in [0.1, 0.15) is 6.10 Å². The van der Waals surface area contributed by atoms with E-state index >= 15 is 0 Å². The number of carbonyl (C=O) groups excluding carboxylic acids is 1. The number of benzene rings is 1. The molecule has 1 saturated heterocycles. The molecule has 0 bridgehead atoms. The van der Waals surface area contributed by atoms with Crippen molar-refractivity contribution in [1.82, 2.24) is 4.90 Å². The summed E-state index contributed by atoms with van der Waals surface area (Å²) in [6, 6.07) is 6.85. The van der Waals surface area contributed by atoms with Crippen LogP contribution in [0.1, 0.15) is 42.4 Å². The highest BCUT2D eigenvalue weighted by atomic mass is 16.5. The smallest absolute Gasteiger partial charge is 0.252 e. The fourth-order valence-electron chi connectivity index (χ4n) is 3.12. The summed E-state index contributed by atoms with van der Waals surface area (Å²) in [5, 5.41) is 0. The summed E-state index contributed by atoms with van der Waals surface area (Å²) in [6.45, 7) is 5.43. The lowest BCUT2D eigenvalue weighted by atomic mass is 10.1. The monoisotopic (exact) mass is 302 g/mol. The van der Waals surface area contributed by atoms with Gasteiger partial charge < -0.3 is 15.4 Å². The van der Waals surface area contributed by atoms with Crippen LogP contribution in [0.15, 0.2) is 18.2 Å². The van der Waals surface area contributed by atoms with Gasteiger partial charge in [-0.3, -0.25) is 4.79 Å². The first-order valence-corrected chi connectivity index (χ1v) is 8.30. The molecule has 2 N–H and O–H groups in total. The van der Waals surface area contributed by atoms with Crippen molar-refractivity contribution < 1.29 is 9.53 Å². The molecule has 1 saturated carbocycles. The molecule has 1 aliphatic carbocycles. The summed E-state index contributed by atoms with van der Waals surface area (Å²) in [6.07, 6.45) is 3.69. The average molecular weight is 302 g/mol. The van der Waals surface area contributed by atoms with Gasteiger partial charge in [-0.05, 0) is 56.2 Å². The van der Waals surface area contributed by atoms with Gasteiger partial charge in [-0.2, -0.15) is 0 Å². The van der Waals surface area contributed by atoms with Crippen molar-refractivity contribution in [2.45, 2.75) is 64.3 Å². The third kappa shape index (κ3) is 3.33. The van der Waals surface area contributed by atoms with E-state index in [0.717, 1.165) is 25.7 Å². The topological polar surface area (TPSA) is 55.6 Å². The van der Waals surface area contributed by atoms with Crippen molar-refractivity contribution in [2.24, 2.45) is 5.73 Å². The average Bonchev–Trinajstić information content (AvgIpc) is 3.24. The molecule has 1 aromatic rings. The van der Waals surface area contributed by atoms with E-state index in [9.17, 15) is 4.79 Å². The Morgan fingerprint density at radius 1 is 1.23 bits per heavy atom. The Morgan fingerprint density at radius 2 is 2.00 bits per heavy atom. The zero-order chi connectivity index (χ0) is 15.7. The molecule has 1 amide bonds. The number of hydrogen-bond acceptors (Lipinski definition) is 3. The zero-order valence-electron chi connectivity index (χ0n) is 13.5. The molecule has 1 aliphatic heterocycles. The Balaban J connectivity index is 1.70. The van der Waals surface area contributed by atoms with Crippen LogP contribution in [-0.4, -0.2) is 35.6 Å². The molecule has 2 atom stereocenters. The minimum atomic E-state index is -0.291. The van der Waals surface area contributed by atoms with Gasteiger partial charge >= 0.3 is 0 Å². The van der Waals surface area contributed by atoms with Crippen LogP contribution in [-0.2, 0) is 16.1 Å². The second kappa shape index (κ2) is 6.39. The molecule has 2 aliphatic rings. The van der Waals surface area contributed by atoms with E-state index in [0.29, 0.717) is 19.1 Å². The maximum absolute atomic E-state index is 12.8. The second-order valence-corrected chi connectivity index (χ2v) is 6.68. The Bertz CT molecular complexity index is 554. The maximum atomic E-state index is 12.8. The van der Waals surface area contributed by atoms with Gasteiger partial charge in [0.2, 0.25) is 0 Å². The van der Waals surface area contributed by atoms with Crippen LogP contribution >= 0.6 is 0 Å². The van der Waals surface area contributed by atoms with E-state index in [1.165, 1.54) is 16.7 Å². The van der Waals surface area contributed by atoms with Crippen LogP contribution in [0.4, 0.5) is 0 Å². The van der Waals surface area contributed by atoms with Gasteiger partial charge in [-0.15, -0.1) is 0 Å². The number of carbonyl (C=O) groups is 1. The number of nitrogens with two attached hydrogens (primary N) is 1. The lowest BCUT2D eigenvalue weighted by molar-refractivity contribution is -0.144. The quantitative estimate of drug-likeness (QED) is 0.908. The Hall–Kier alpha value is -1.39. The summed E-state index contributed by atoms with van der Waals surface area (Å²) in [7, 11) is 0. The first kappa shape index (κ1) is 15.5. The summed E-state index contributed by atoms with van der Waals surface area (Å²) in [5.74, 6) is 0.150. The summed E-state index contributed by atoms with van der Waals surface area (Å²) < 4.78 is 5.80. The summed E-state index contributed by atoms with van der Waals surface area (Å²) >= 11 is 0. The van der Waals surface area contributed by atoms with Gasteiger partial charge in [-0.1, -0.05) is 18.2 Å². The van der Waals surface area contributed by atoms with Crippen LogP contribution < -0.4 is 5.73 Å². The van der Waals surface area contributed by atoms with E-state index in [2.05, 4.69) is 32.0 Å². The Kier molecular flexibility index (Phi) is 4.50. The molecule has 120 valence electrons. The van der Waals surface area contributed by atoms with Gasteiger partial charge in [0, 0.05) is 19.1 Å². The van der Waals surface area contributed by atoms with Gasteiger partial charge in [0.25, 0.3) is 5.91 Å². The highest BCUT2D eigenvalue weighted by molar-refractivity contribution is 5.81. The lowest BCUT2D eigenvalue weighted by Crippen LogP contribution is -2.40. The Labute approximate surface area is 132 Å². The van der Waals surface area contributed by atoms with Crippen molar-refractivity contribution in [3.8, 4) is 0 Å². The van der Waals surface area contributed by atoms with E-state index < -0.39 is 0 Å². The third-order valence-electron chi connectivity index (χ3n) is 4.84. The minimum absolute atomic E-state index is 0.0524. The van der Waals surface area contributed by atoms with Crippen molar-refractivity contribution in [3.05, 3.63) is 34.9 Å². The van der Waals surface area contributed by atoms with Crippen molar-refractivity contribution >= 4 is 5.91 Å². The zero-order valence-corrected chi connectivity index (χ0v) is 13.5. The van der Waals surface area contributed by atoms with Gasteiger partial charge in [0.05, 0.1) is 6.10 Å². The third-order valence-corrected chi connectivity index (χ3v) is 4.84. The molecule has 2 fully saturated rings. The van der Waals surface area contributed by atoms with Crippen LogP contribution in [0.2, 0.25) is 0 Å². The number of aryl methyl sites for hydroxylation is 2. The molecule has 0 spiro atoms.